The van der Waals surface area contributed by atoms with E-state index in [9.17, 15) is 9.18 Å². The van der Waals surface area contributed by atoms with E-state index in [0.29, 0.717) is 0 Å². The van der Waals surface area contributed by atoms with Gasteiger partial charge in [-0.25, -0.2) is 4.39 Å². The van der Waals surface area contributed by atoms with Gasteiger partial charge in [0.2, 0.25) is 5.91 Å². The van der Waals surface area contributed by atoms with Gasteiger partial charge in [-0.15, -0.1) is 0 Å². The number of carbonyl (C=O) groups excluding carboxylic acids is 1. The Kier molecular flexibility index (Phi) is 4.31. The van der Waals surface area contributed by atoms with Crippen molar-refractivity contribution in [3.05, 3.63) is 53.6 Å². The lowest BCUT2D eigenvalue weighted by molar-refractivity contribution is -0.133. The van der Waals surface area contributed by atoms with Crippen molar-refractivity contribution in [1.82, 2.24) is 20.0 Å². The largest absolute Gasteiger partial charge is 0.334 e. The van der Waals surface area contributed by atoms with E-state index in [2.05, 4.69) is 10.4 Å². The number of carbonyl (C=O) groups is 1. The molecule has 1 aliphatic heterocycles. The van der Waals surface area contributed by atoms with Gasteiger partial charge in [0.05, 0.1) is 12.2 Å². The molecule has 0 bridgehead atoms. The van der Waals surface area contributed by atoms with Gasteiger partial charge in [-0.2, -0.15) is 5.10 Å². The monoisotopic (exact) mass is 356 g/mol. The lowest BCUT2D eigenvalue weighted by Crippen LogP contribution is -2.36. The highest BCUT2D eigenvalue weighted by Crippen LogP contribution is 2.59. The van der Waals surface area contributed by atoms with Gasteiger partial charge in [0, 0.05) is 31.8 Å². The molecule has 1 aromatic heterocycles. The first-order valence-corrected chi connectivity index (χ1v) is 9.22. The topological polar surface area (TPSA) is 50.2 Å². The lowest BCUT2D eigenvalue weighted by Gasteiger charge is -2.30. The molecule has 1 N–H and O–H groups in total. The molecule has 1 aromatic carbocycles. The van der Waals surface area contributed by atoms with Crippen LogP contribution in [0.3, 0.4) is 0 Å². The summed E-state index contributed by atoms with van der Waals surface area (Å²) in [6, 6.07) is 6.17. The van der Waals surface area contributed by atoms with Crippen molar-refractivity contribution >= 4 is 5.91 Å². The van der Waals surface area contributed by atoms with Crippen molar-refractivity contribution in [3.63, 3.8) is 0 Å². The number of hydrogen-bond donors (Lipinski definition) is 1. The molecular weight excluding hydrogens is 331 g/mol. The van der Waals surface area contributed by atoms with Gasteiger partial charge in [-0.05, 0) is 55.5 Å². The maximum Gasteiger partial charge on any atom is 0.226 e. The van der Waals surface area contributed by atoms with Crippen molar-refractivity contribution in [2.45, 2.75) is 25.3 Å². The minimum absolute atomic E-state index is 0.0855. The van der Waals surface area contributed by atoms with Gasteiger partial charge in [0.25, 0.3) is 0 Å². The second kappa shape index (κ2) is 6.50. The van der Waals surface area contributed by atoms with Gasteiger partial charge in [0.1, 0.15) is 5.82 Å². The maximum absolute atomic E-state index is 13.8. The predicted molar refractivity (Wildman–Crippen MR) is 96.9 cm³/mol. The van der Waals surface area contributed by atoms with Crippen LogP contribution in [0.2, 0.25) is 0 Å². The van der Waals surface area contributed by atoms with Crippen molar-refractivity contribution in [3.8, 4) is 0 Å². The highest BCUT2D eigenvalue weighted by Gasteiger charge is 2.58. The number of aromatic nitrogens is 2. The normalized spacial score (nSPS) is 22.2. The minimum atomic E-state index is -0.328. The van der Waals surface area contributed by atoms with Crippen LogP contribution in [0, 0.1) is 17.2 Å². The zero-order chi connectivity index (χ0) is 18.3. The van der Waals surface area contributed by atoms with E-state index in [0.717, 1.165) is 43.5 Å². The molecule has 1 aliphatic carbocycles. The fourth-order valence-corrected chi connectivity index (χ4v) is 4.44. The zero-order valence-electron chi connectivity index (χ0n) is 15.3. The van der Waals surface area contributed by atoms with Crippen molar-refractivity contribution in [1.29, 1.82) is 0 Å². The number of benzene rings is 1. The number of piperidine rings is 1. The van der Waals surface area contributed by atoms with Crippen LogP contribution in [0.4, 0.5) is 4.39 Å². The quantitative estimate of drug-likeness (QED) is 0.916. The zero-order valence-corrected chi connectivity index (χ0v) is 15.3. The molecule has 6 heteroatoms. The second-order valence-electron chi connectivity index (χ2n) is 7.72. The molecule has 2 atom stereocenters. The van der Waals surface area contributed by atoms with E-state index in [-0.39, 0.29) is 29.1 Å². The van der Waals surface area contributed by atoms with E-state index >= 15 is 0 Å². The average Bonchev–Trinajstić information content (AvgIpc) is 3.14. The predicted octanol–water partition coefficient (Wildman–Crippen LogP) is 2.50. The molecule has 2 aromatic rings. The van der Waals surface area contributed by atoms with Gasteiger partial charge in [-0.3, -0.25) is 9.48 Å². The van der Waals surface area contributed by atoms with Crippen molar-refractivity contribution in [2.75, 3.05) is 20.1 Å². The van der Waals surface area contributed by atoms with Crippen LogP contribution in [-0.4, -0.2) is 40.7 Å². The second-order valence-corrected chi connectivity index (χ2v) is 7.72. The molecule has 138 valence electrons. The summed E-state index contributed by atoms with van der Waals surface area (Å²) in [4.78, 5) is 15.0. The van der Waals surface area contributed by atoms with E-state index < -0.39 is 0 Å². The molecule has 2 unspecified atom stereocenters. The Bertz CT molecular complexity index is 812. The first kappa shape index (κ1) is 17.2. The summed E-state index contributed by atoms with van der Waals surface area (Å²) in [7, 11) is 3.68. The number of hydrogen-bond acceptors (Lipinski definition) is 3. The van der Waals surface area contributed by atoms with E-state index in [1.165, 1.54) is 12.1 Å². The van der Waals surface area contributed by atoms with Crippen molar-refractivity contribution in [2.24, 2.45) is 18.4 Å². The third kappa shape index (κ3) is 3.03. The molecule has 1 spiro atoms. The SMILES string of the molecule is CN(C(=O)C1CC12CCNCC2)C(c1cccc(F)c1)c1cnn(C)c1. The summed E-state index contributed by atoms with van der Waals surface area (Å²) < 4.78 is 15.6. The average molecular weight is 356 g/mol. The smallest absolute Gasteiger partial charge is 0.226 e. The lowest BCUT2D eigenvalue weighted by atomic mass is 9.91. The molecule has 0 radical (unpaired) electrons. The van der Waals surface area contributed by atoms with E-state index in [1.54, 1.807) is 21.8 Å². The third-order valence-electron chi connectivity index (χ3n) is 6.03. The molecule has 2 aliphatic rings. The molecule has 26 heavy (non-hydrogen) atoms. The van der Waals surface area contributed by atoms with Crippen LogP contribution in [-0.2, 0) is 11.8 Å². The molecule has 4 rings (SSSR count). The first-order valence-electron chi connectivity index (χ1n) is 9.22. The summed E-state index contributed by atoms with van der Waals surface area (Å²) in [6.07, 6.45) is 6.75. The standard InChI is InChI=1S/C20H25FN4O/c1-24-13-15(12-23-24)18(14-4-3-5-16(21)10-14)25(2)19(26)17-11-20(17)6-8-22-9-7-20/h3-5,10,12-13,17-18,22H,6-9,11H2,1-2H3. The first-order chi connectivity index (χ1) is 12.5. The number of amides is 1. The van der Waals surface area contributed by atoms with E-state index in [1.807, 2.05) is 26.4 Å². The summed E-state index contributed by atoms with van der Waals surface area (Å²) in [5.74, 6) is -0.0502. The van der Waals surface area contributed by atoms with Crippen LogP contribution in [0.1, 0.15) is 36.4 Å². The Morgan fingerprint density at radius 1 is 1.38 bits per heavy atom. The number of halogens is 1. The van der Waals surface area contributed by atoms with Gasteiger partial charge >= 0.3 is 0 Å². The molecule has 1 saturated carbocycles. The Balaban J connectivity index is 1.62. The maximum atomic E-state index is 13.8. The van der Waals surface area contributed by atoms with Gasteiger partial charge in [0.15, 0.2) is 0 Å². The number of aryl methyl sites for hydroxylation is 1. The molecule has 1 amide bonds. The summed E-state index contributed by atoms with van der Waals surface area (Å²) in [5, 5.41) is 7.62. The molecule has 5 nitrogen and oxygen atoms in total. The number of nitrogens with one attached hydrogen (secondary N) is 1. The number of rotatable bonds is 4. The van der Waals surface area contributed by atoms with Crippen LogP contribution in [0.25, 0.3) is 0 Å². The Labute approximate surface area is 153 Å². The Morgan fingerprint density at radius 2 is 2.15 bits per heavy atom. The van der Waals surface area contributed by atoms with Crippen LogP contribution in [0.5, 0.6) is 0 Å². The fraction of sp³-hybridized carbons (Fsp3) is 0.500. The highest BCUT2D eigenvalue weighted by atomic mass is 19.1. The van der Waals surface area contributed by atoms with Gasteiger partial charge < -0.3 is 10.2 Å². The molecule has 2 heterocycles. The highest BCUT2D eigenvalue weighted by molar-refractivity contribution is 5.83. The van der Waals surface area contributed by atoms with Crippen LogP contribution in [0.15, 0.2) is 36.7 Å². The van der Waals surface area contributed by atoms with E-state index in [4.69, 9.17) is 0 Å². The summed E-state index contributed by atoms with van der Waals surface area (Å²) in [6.45, 7) is 1.98. The fourth-order valence-electron chi connectivity index (χ4n) is 4.44. The summed E-state index contributed by atoms with van der Waals surface area (Å²) in [5.41, 5.74) is 1.85. The summed E-state index contributed by atoms with van der Waals surface area (Å²) >= 11 is 0. The Morgan fingerprint density at radius 3 is 2.81 bits per heavy atom. The molecule has 2 fully saturated rings. The minimum Gasteiger partial charge on any atom is -0.334 e. The van der Waals surface area contributed by atoms with Gasteiger partial charge in [-0.1, -0.05) is 12.1 Å². The third-order valence-corrected chi connectivity index (χ3v) is 6.03. The molecular formula is C20H25FN4O. The van der Waals surface area contributed by atoms with Crippen LogP contribution < -0.4 is 5.32 Å². The van der Waals surface area contributed by atoms with Crippen LogP contribution >= 0.6 is 0 Å². The van der Waals surface area contributed by atoms with Crippen molar-refractivity contribution < 1.29 is 9.18 Å². The number of nitrogens with zero attached hydrogens (tertiary/aromatic N) is 3. The Hall–Kier alpha value is -2.21. The molecule has 1 saturated heterocycles.